The van der Waals surface area contributed by atoms with Crippen LogP contribution in [-0.4, -0.2) is 70.1 Å². The molecule has 33 heavy (non-hydrogen) atoms. The van der Waals surface area contributed by atoms with E-state index in [2.05, 4.69) is 72.8 Å². The third-order valence-electron chi connectivity index (χ3n) is 6.18. The molecule has 4 rings (SSSR count). The number of aromatic nitrogens is 3. The molecule has 3 aromatic rings. The van der Waals surface area contributed by atoms with Crippen LogP contribution in [0.5, 0.6) is 0 Å². The zero-order valence-electron chi connectivity index (χ0n) is 19.9. The zero-order chi connectivity index (χ0) is 22.3. The van der Waals surface area contributed by atoms with Crippen molar-refractivity contribution in [3.05, 3.63) is 65.6 Å². The van der Waals surface area contributed by atoms with E-state index in [9.17, 15) is 0 Å². The van der Waals surface area contributed by atoms with Crippen LogP contribution in [0.3, 0.4) is 0 Å². The lowest BCUT2D eigenvalue weighted by molar-refractivity contribution is 0.172. The summed E-state index contributed by atoms with van der Waals surface area (Å²) in [6.45, 7) is 10.5. The summed E-state index contributed by atoms with van der Waals surface area (Å²) in [5, 5.41) is 12.1. The Hall–Kier alpha value is -2.20. The van der Waals surface area contributed by atoms with E-state index in [4.69, 9.17) is 0 Å². The number of rotatable bonds is 7. The Labute approximate surface area is 214 Å². The molecule has 3 heterocycles. The van der Waals surface area contributed by atoms with Gasteiger partial charge in [0.2, 0.25) is 0 Å². The highest BCUT2D eigenvalue weighted by molar-refractivity contribution is 14.0. The molecule has 1 aliphatic rings. The van der Waals surface area contributed by atoms with Crippen molar-refractivity contribution in [3.63, 3.8) is 0 Å². The molecule has 0 radical (unpaired) electrons. The number of pyridine rings is 1. The maximum atomic E-state index is 4.51. The van der Waals surface area contributed by atoms with Gasteiger partial charge in [0, 0.05) is 58.9 Å². The predicted molar refractivity (Wildman–Crippen MR) is 145 cm³/mol. The monoisotopic (exact) mass is 561 g/mol. The first-order chi connectivity index (χ1) is 15.6. The molecular formula is C25H36IN7. The highest BCUT2D eigenvalue weighted by Crippen LogP contribution is 2.16. The van der Waals surface area contributed by atoms with E-state index in [-0.39, 0.29) is 24.0 Å². The lowest BCUT2D eigenvalue weighted by atomic mass is 10.0. The minimum absolute atomic E-state index is 0. The Kier molecular flexibility index (Phi) is 9.49. The molecule has 0 aliphatic carbocycles. The van der Waals surface area contributed by atoms with Gasteiger partial charge in [-0.05, 0) is 35.6 Å². The van der Waals surface area contributed by atoms with Crippen molar-refractivity contribution in [2.75, 3.05) is 39.8 Å². The van der Waals surface area contributed by atoms with Crippen LogP contribution in [0.2, 0.25) is 0 Å². The van der Waals surface area contributed by atoms with E-state index < -0.39 is 0 Å². The van der Waals surface area contributed by atoms with Gasteiger partial charge in [-0.1, -0.05) is 44.2 Å². The molecule has 7 nitrogen and oxygen atoms in total. The molecule has 1 aromatic carbocycles. The highest BCUT2D eigenvalue weighted by atomic mass is 127. The van der Waals surface area contributed by atoms with Crippen LogP contribution in [0, 0.1) is 0 Å². The molecule has 0 saturated carbocycles. The first-order valence-corrected chi connectivity index (χ1v) is 11.7. The standard InChI is InChI=1S/C25H35N7.HI/c1-20(2)22-11-9-21(10-12-22)19-30-15-17-31(18-16-30)25(26-3)27-13-6-8-24-29-28-23-7-4-5-14-32(23)24;/h4-5,7,9-12,14,20H,6,8,13,15-19H2,1-3H3,(H,26,27);1H. The topological polar surface area (TPSA) is 61.1 Å². The Bertz CT molecular complexity index is 1020. The van der Waals surface area contributed by atoms with Gasteiger partial charge in [0.15, 0.2) is 11.6 Å². The number of fused-ring (bicyclic) bond motifs is 1. The second kappa shape index (κ2) is 12.3. The van der Waals surface area contributed by atoms with Crippen molar-refractivity contribution in [3.8, 4) is 0 Å². The van der Waals surface area contributed by atoms with Crippen molar-refractivity contribution >= 4 is 35.6 Å². The van der Waals surface area contributed by atoms with Crippen molar-refractivity contribution in [1.29, 1.82) is 0 Å². The van der Waals surface area contributed by atoms with Crippen molar-refractivity contribution in [2.45, 2.75) is 39.2 Å². The van der Waals surface area contributed by atoms with Gasteiger partial charge in [0.1, 0.15) is 5.82 Å². The molecular weight excluding hydrogens is 525 g/mol. The van der Waals surface area contributed by atoms with Crippen LogP contribution in [-0.2, 0) is 13.0 Å². The number of piperazine rings is 1. The summed E-state index contributed by atoms with van der Waals surface area (Å²) >= 11 is 0. The first kappa shape index (κ1) is 25.4. The molecule has 0 unspecified atom stereocenters. The number of aliphatic imine (C=N–C) groups is 1. The van der Waals surface area contributed by atoms with Crippen LogP contribution in [0.1, 0.15) is 43.1 Å². The molecule has 1 N–H and O–H groups in total. The average molecular weight is 562 g/mol. The average Bonchev–Trinajstić information content (AvgIpc) is 3.23. The number of nitrogens with zero attached hydrogens (tertiary/aromatic N) is 6. The molecule has 0 atom stereocenters. The van der Waals surface area contributed by atoms with Crippen molar-refractivity contribution in [2.24, 2.45) is 4.99 Å². The number of hydrogen-bond donors (Lipinski definition) is 1. The first-order valence-electron chi connectivity index (χ1n) is 11.7. The lowest BCUT2D eigenvalue weighted by Gasteiger charge is -2.36. The molecule has 8 heteroatoms. The highest BCUT2D eigenvalue weighted by Gasteiger charge is 2.19. The zero-order valence-corrected chi connectivity index (χ0v) is 22.3. The van der Waals surface area contributed by atoms with Gasteiger partial charge in [-0.25, -0.2) is 0 Å². The third kappa shape index (κ3) is 6.66. The molecule has 2 aromatic heterocycles. The fourth-order valence-electron chi connectivity index (χ4n) is 4.22. The molecule has 1 saturated heterocycles. The minimum atomic E-state index is 0. The fraction of sp³-hybridized carbons (Fsp3) is 0.480. The summed E-state index contributed by atoms with van der Waals surface area (Å²) in [6.07, 6.45) is 3.90. The molecule has 0 amide bonds. The van der Waals surface area contributed by atoms with Crippen molar-refractivity contribution < 1.29 is 0 Å². The van der Waals surface area contributed by atoms with Crippen LogP contribution in [0.15, 0.2) is 53.7 Å². The Balaban J connectivity index is 0.00000306. The van der Waals surface area contributed by atoms with Crippen LogP contribution >= 0.6 is 24.0 Å². The van der Waals surface area contributed by atoms with E-state index in [1.54, 1.807) is 0 Å². The second-order valence-electron chi connectivity index (χ2n) is 8.78. The number of benzene rings is 1. The number of guanidine groups is 1. The van der Waals surface area contributed by atoms with E-state index in [0.717, 1.165) is 69.5 Å². The quantitative estimate of drug-likeness (QED) is 0.206. The van der Waals surface area contributed by atoms with Gasteiger partial charge in [-0.15, -0.1) is 34.2 Å². The minimum Gasteiger partial charge on any atom is -0.356 e. The SMILES string of the molecule is CN=C(NCCCc1nnc2ccccn12)N1CCN(Cc2ccc(C(C)C)cc2)CC1.I. The third-order valence-corrected chi connectivity index (χ3v) is 6.18. The predicted octanol–water partition coefficient (Wildman–Crippen LogP) is 3.80. The maximum absolute atomic E-state index is 4.51. The van der Waals surface area contributed by atoms with Crippen LogP contribution in [0.4, 0.5) is 0 Å². The summed E-state index contributed by atoms with van der Waals surface area (Å²) in [5.41, 5.74) is 3.71. The van der Waals surface area contributed by atoms with E-state index in [0.29, 0.717) is 5.92 Å². The van der Waals surface area contributed by atoms with Crippen molar-refractivity contribution in [1.82, 2.24) is 29.7 Å². The number of nitrogens with one attached hydrogen (secondary N) is 1. The molecule has 0 bridgehead atoms. The van der Waals surface area contributed by atoms with Gasteiger partial charge in [0.25, 0.3) is 0 Å². The largest absolute Gasteiger partial charge is 0.356 e. The van der Waals surface area contributed by atoms with Gasteiger partial charge in [-0.3, -0.25) is 14.3 Å². The molecule has 178 valence electrons. The number of hydrogen-bond acceptors (Lipinski definition) is 4. The Morgan fingerprint density at radius 3 is 2.48 bits per heavy atom. The molecule has 1 aliphatic heterocycles. The molecule has 1 fully saturated rings. The summed E-state index contributed by atoms with van der Waals surface area (Å²) in [4.78, 5) is 9.41. The summed E-state index contributed by atoms with van der Waals surface area (Å²) in [7, 11) is 1.87. The Morgan fingerprint density at radius 2 is 1.79 bits per heavy atom. The van der Waals surface area contributed by atoms with E-state index >= 15 is 0 Å². The van der Waals surface area contributed by atoms with E-state index in [1.807, 2.05) is 31.4 Å². The number of halogens is 1. The number of aryl methyl sites for hydroxylation is 1. The van der Waals surface area contributed by atoms with E-state index in [1.165, 1.54) is 11.1 Å². The fourth-order valence-corrected chi connectivity index (χ4v) is 4.22. The smallest absolute Gasteiger partial charge is 0.193 e. The summed E-state index contributed by atoms with van der Waals surface area (Å²) < 4.78 is 2.06. The van der Waals surface area contributed by atoms with Crippen LogP contribution < -0.4 is 5.32 Å². The maximum Gasteiger partial charge on any atom is 0.193 e. The van der Waals surface area contributed by atoms with Gasteiger partial charge < -0.3 is 10.2 Å². The summed E-state index contributed by atoms with van der Waals surface area (Å²) in [5.74, 6) is 2.59. The molecule has 0 spiro atoms. The van der Waals surface area contributed by atoms with Gasteiger partial charge in [-0.2, -0.15) is 0 Å². The van der Waals surface area contributed by atoms with Crippen LogP contribution in [0.25, 0.3) is 5.65 Å². The second-order valence-corrected chi connectivity index (χ2v) is 8.78. The lowest BCUT2D eigenvalue weighted by Crippen LogP contribution is -2.52. The van der Waals surface area contributed by atoms with Gasteiger partial charge >= 0.3 is 0 Å². The normalized spacial score (nSPS) is 15.2. The summed E-state index contributed by atoms with van der Waals surface area (Å²) in [6, 6.07) is 15.1. The Morgan fingerprint density at radius 1 is 1.03 bits per heavy atom. The van der Waals surface area contributed by atoms with Gasteiger partial charge in [0.05, 0.1) is 0 Å².